The Morgan fingerprint density at radius 1 is 0.957 bits per heavy atom. The van der Waals surface area contributed by atoms with Crippen LogP contribution in [0.5, 0.6) is 0 Å². The fourth-order valence-electron chi connectivity index (χ4n) is 2.39. The number of anilines is 2. The maximum absolute atomic E-state index is 12.5. The summed E-state index contributed by atoms with van der Waals surface area (Å²) in [6.07, 6.45) is 0.0711. The minimum Gasteiger partial charge on any atom is -0.373 e. The lowest BCUT2D eigenvalue weighted by Crippen LogP contribution is -2.34. The van der Waals surface area contributed by atoms with Gasteiger partial charge in [-0.2, -0.15) is 0 Å². The van der Waals surface area contributed by atoms with Crippen LogP contribution in [-0.4, -0.2) is 17.9 Å². The van der Waals surface area contributed by atoms with Gasteiger partial charge in [0.15, 0.2) is 0 Å². The molecule has 23 heavy (non-hydrogen) atoms. The molecule has 1 N–H and O–H groups in total. The number of carbonyl (C=O) groups is 2. The highest BCUT2D eigenvalue weighted by atomic mass is 35.5. The van der Waals surface area contributed by atoms with Crippen LogP contribution in [0, 0.1) is 0 Å². The second-order valence-electron chi connectivity index (χ2n) is 5.07. The van der Waals surface area contributed by atoms with E-state index < -0.39 is 6.04 Å². The van der Waals surface area contributed by atoms with E-state index in [0.717, 1.165) is 10.6 Å². The molecule has 0 radical (unpaired) electrons. The quantitative estimate of drug-likeness (QED) is 0.816. The van der Waals surface area contributed by atoms with E-state index in [1.54, 1.807) is 36.4 Å². The van der Waals surface area contributed by atoms with Gasteiger partial charge in [-0.05, 0) is 42.5 Å². The third-order valence-electron chi connectivity index (χ3n) is 3.49. The van der Waals surface area contributed by atoms with Gasteiger partial charge in [-0.3, -0.25) is 9.59 Å². The van der Waals surface area contributed by atoms with Crippen molar-refractivity contribution in [3.05, 3.63) is 57.5 Å². The third kappa shape index (κ3) is 3.29. The molecule has 0 aromatic heterocycles. The molecule has 1 aliphatic rings. The topological polar surface area (TPSA) is 49.4 Å². The fraction of sp³-hybridized carbons (Fsp3) is 0.125. The number of hydrogen-bond donors (Lipinski definition) is 1. The summed E-state index contributed by atoms with van der Waals surface area (Å²) in [4.78, 5) is 25.8. The number of benzene rings is 2. The number of hydrogen-bond acceptors (Lipinski definition) is 3. The maximum Gasteiger partial charge on any atom is 0.256 e. The fourth-order valence-corrected chi connectivity index (χ4v) is 2.81. The minimum absolute atomic E-state index is 0.0711. The number of carbonyl (C=O) groups excluding carboxylic acids is 2. The van der Waals surface area contributed by atoms with Gasteiger partial charge in [-0.25, -0.2) is 4.90 Å². The molecular weight excluding hydrogens is 359 g/mol. The first-order chi connectivity index (χ1) is 11.0. The molecule has 2 aromatic carbocycles. The lowest BCUT2D eigenvalue weighted by molar-refractivity contribution is -0.121. The number of nitrogens with one attached hydrogen (secondary N) is 1. The molecule has 118 valence electrons. The number of halogens is 3. The predicted molar refractivity (Wildman–Crippen MR) is 92.4 cm³/mol. The monoisotopic (exact) mass is 368 g/mol. The molecule has 1 fully saturated rings. The molecule has 3 rings (SSSR count). The van der Waals surface area contributed by atoms with E-state index in [4.69, 9.17) is 34.8 Å². The van der Waals surface area contributed by atoms with Crippen molar-refractivity contribution in [2.24, 2.45) is 0 Å². The maximum atomic E-state index is 12.5. The number of amides is 2. The van der Waals surface area contributed by atoms with E-state index in [9.17, 15) is 9.59 Å². The molecule has 0 spiro atoms. The molecule has 2 aromatic rings. The van der Waals surface area contributed by atoms with E-state index in [1.807, 2.05) is 0 Å². The van der Waals surface area contributed by atoms with Crippen molar-refractivity contribution in [1.29, 1.82) is 0 Å². The van der Waals surface area contributed by atoms with Crippen molar-refractivity contribution in [2.45, 2.75) is 12.5 Å². The zero-order valence-corrected chi connectivity index (χ0v) is 14.0. The standard InChI is InChI=1S/C16H11Cl3N2O2/c17-9-1-3-10(4-2-9)20-14-8-15(22)21(16(14)23)11-5-6-12(18)13(19)7-11/h1-7,14,20H,8H2/t14-/m0/s1. The van der Waals surface area contributed by atoms with Crippen molar-refractivity contribution in [3.8, 4) is 0 Å². The summed E-state index contributed by atoms with van der Waals surface area (Å²) >= 11 is 17.7. The molecular formula is C16H11Cl3N2O2. The predicted octanol–water partition coefficient (Wildman–Crippen LogP) is 4.39. The number of nitrogens with zero attached hydrogens (tertiary/aromatic N) is 1. The van der Waals surface area contributed by atoms with E-state index >= 15 is 0 Å². The van der Waals surface area contributed by atoms with Crippen molar-refractivity contribution in [3.63, 3.8) is 0 Å². The Morgan fingerprint density at radius 2 is 1.65 bits per heavy atom. The molecule has 2 amide bonds. The zero-order chi connectivity index (χ0) is 16.6. The minimum atomic E-state index is -0.627. The van der Waals surface area contributed by atoms with Crippen molar-refractivity contribution < 1.29 is 9.59 Å². The van der Waals surface area contributed by atoms with Crippen LogP contribution in [0.4, 0.5) is 11.4 Å². The van der Waals surface area contributed by atoms with Gasteiger partial charge < -0.3 is 5.32 Å². The average molecular weight is 370 g/mol. The van der Waals surface area contributed by atoms with E-state index in [2.05, 4.69) is 5.32 Å². The lowest BCUT2D eigenvalue weighted by atomic mass is 10.2. The van der Waals surface area contributed by atoms with Crippen LogP contribution in [0.3, 0.4) is 0 Å². The van der Waals surface area contributed by atoms with Gasteiger partial charge in [0.1, 0.15) is 6.04 Å². The Morgan fingerprint density at radius 3 is 2.30 bits per heavy atom. The SMILES string of the molecule is O=C1C[C@H](Nc2ccc(Cl)cc2)C(=O)N1c1ccc(Cl)c(Cl)c1. The van der Waals surface area contributed by atoms with E-state index in [0.29, 0.717) is 20.8 Å². The van der Waals surface area contributed by atoms with Gasteiger partial charge in [0.2, 0.25) is 5.91 Å². The van der Waals surface area contributed by atoms with Gasteiger partial charge in [-0.15, -0.1) is 0 Å². The normalized spacial score (nSPS) is 17.7. The molecule has 0 unspecified atom stereocenters. The summed E-state index contributed by atoms with van der Waals surface area (Å²) in [5.74, 6) is -0.622. The largest absolute Gasteiger partial charge is 0.373 e. The van der Waals surface area contributed by atoms with Crippen LogP contribution >= 0.6 is 34.8 Å². The third-order valence-corrected chi connectivity index (χ3v) is 4.48. The average Bonchev–Trinajstić information content (AvgIpc) is 2.79. The Kier molecular flexibility index (Phi) is 4.48. The van der Waals surface area contributed by atoms with Crippen LogP contribution in [0.1, 0.15) is 6.42 Å². The first kappa shape index (κ1) is 16.1. The highest BCUT2D eigenvalue weighted by molar-refractivity contribution is 6.42. The Hall–Kier alpha value is -1.75. The summed E-state index contributed by atoms with van der Waals surface area (Å²) < 4.78 is 0. The molecule has 0 aliphatic carbocycles. The molecule has 0 bridgehead atoms. The van der Waals surface area contributed by atoms with Crippen LogP contribution < -0.4 is 10.2 Å². The zero-order valence-electron chi connectivity index (χ0n) is 11.7. The summed E-state index contributed by atoms with van der Waals surface area (Å²) in [5, 5.41) is 4.30. The molecule has 1 heterocycles. The molecule has 0 saturated carbocycles. The Balaban J connectivity index is 1.82. The molecule has 1 saturated heterocycles. The highest BCUT2D eigenvalue weighted by Crippen LogP contribution is 2.31. The van der Waals surface area contributed by atoms with Crippen LogP contribution in [0.2, 0.25) is 15.1 Å². The summed E-state index contributed by atoms with van der Waals surface area (Å²) in [6, 6.07) is 10.9. The molecule has 1 aliphatic heterocycles. The van der Waals surface area contributed by atoms with Crippen LogP contribution in [-0.2, 0) is 9.59 Å². The molecule has 1 atom stereocenters. The Labute approximate surface area is 147 Å². The van der Waals surface area contributed by atoms with Gasteiger partial charge in [-0.1, -0.05) is 34.8 Å². The molecule has 7 heteroatoms. The van der Waals surface area contributed by atoms with Crippen molar-refractivity contribution in [2.75, 3.05) is 10.2 Å². The smallest absolute Gasteiger partial charge is 0.256 e. The van der Waals surface area contributed by atoms with Crippen LogP contribution in [0.25, 0.3) is 0 Å². The van der Waals surface area contributed by atoms with Crippen LogP contribution in [0.15, 0.2) is 42.5 Å². The van der Waals surface area contributed by atoms with Gasteiger partial charge in [0, 0.05) is 10.7 Å². The van der Waals surface area contributed by atoms with Crippen molar-refractivity contribution in [1.82, 2.24) is 0 Å². The van der Waals surface area contributed by atoms with Gasteiger partial charge in [0.25, 0.3) is 5.91 Å². The summed E-state index contributed by atoms with van der Waals surface area (Å²) in [6.45, 7) is 0. The number of rotatable bonds is 3. The summed E-state index contributed by atoms with van der Waals surface area (Å²) in [5.41, 5.74) is 1.13. The lowest BCUT2D eigenvalue weighted by Gasteiger charge is -2.16. The first-order valence-electron chi connectivity index (χ1n) is 6.79. The van der Waals surface area contributed by atoms with E-state index in [1.165, 1.54) is 6.07 Å². The summed E-state index contributed by atoms with van der Waals surface area (Å²) in [7, 11) is 0. The van der Waals surface area contributed by atoms with Gasteiger partial charge in [0.05, 0.1) is 22.2 Å². The highest BCUT2D eigenvalue weighted by Gasteiger charge is 2.39. The van der Waals surface area contributed by atoms with Crippen molar-refractivity contribution >= 4 is 58.0 Å². The first-order valence-corrected chi connectivity index (χ1v) is 7.93. The molecule has 4 nitrogen and oxygen atoms in total. The van der Waals surface area contributed by atoms with Gasteiger partial charge >= 0.3 is 0 Å². The second-order valence-corrected chi connectivity index (χ2v) is 6.32. The second kappa shape index (κ2) is 6.40. The Bertz CT molecular complexity index is 777. The number of imide groups is 1. The van der Waals surface area contributed by atoms with E-state index in [-0.39, 0.29) is 18.2 Å².